The fraction of sp³-hybridized carbons (Fsp3) is 0.462. The van der Waals surface area contributed by atoms with E-state index in [4.69, 9.17) is 5.73 Å². The maximum Gasteiger partial charge on any atom is 0.251 e. The molecule has 0 heterocycles. The van der Waals surface area contributed by atoms with Crippen LogP contribution in [-0.4, -0.2) is 28.2 Å². The van der Waals surface area contributed by atoms with Gasteiger partial charge in [-0.05, 0) is 31.0 Å². The Morgan fingerprint density at radius 1 is 1.22 bits per heavy atom. The number of hydrogen-bond acceptors (Lipinski definition) is 4. The number of hydrogen-bond donors (Lipinski definition) is 4. The number of phenols is 2. The van der Waals surface area contributed by atoms with E-state index in [1.807, 2.05) is 0 Å². The van der Waals surface area contributed by atoms with Gasteiger partial charge >= 0.3 is 0 Å². The number of nitrogens with one attached hydrogen (secondary N) is 1. The van der Waals surface area contributed by atoms with Crippen molar-refractivity contribution in [3.63, 3.8) is 0 Å². The first kappa shape index (κ1) is 12.7. The van der Waals surface area contributed by atoms with Gasteiger partial charge in [-0.3, -0.25) is 4.79 Å². The number of rotatable bonds is 2. The zero-order chi connectivity index (χ0) is 13.1. The lowest BCUT2D eigenvalue weighted by Gasteiger charge is -2.29. The molecule has 0 aliphatic heterocycles. The average Bonchev–Trinajstić information content (AvgIpc) is 2.35. The molecule has 2 atom stereocenters. The second-order valence-corrected chi connectivity index (χ2v) is 4.73. The number of carbonyl (C=O) groups is 1. The number of aromatic hydroxyl groups is 2. The zero-order valence-electron chi connectivity index (χ0n) is 10.1. The van der Waals surface area contributed by atoms with Gasteiger partial charge in [0.15, 0.2) is 11.5 Å². The molecule has 1 fully saturated rings. The van der Waals surface area contributed by atoms with Crippen molar-refractivity contribution in [3.8, 4) is 11.5 Å². The van der Waals surface area contributed by atoms with Crippen LogP contribution in [0.15, 0.2) is 18.2 Å². The summed E-state index contributed by atoms with van der Waals surface area (Å²) in [7, 11) is 0. The fourth-order valence-corrected chi connectivity index (χ4v) is 2.26. The first-order valence-electron chi connectivity index (χ1n) is 6.16. The van der Waals surface area contributed by atoms with Crippen molar-refractivity contribution >= 4 is 5.91 Å². The van der Waals surface area contributed by atoms with E-state index in [0.29, 0.717) is 5.56 Å². The topological polar surface area (TPSA) is 95.6 Å². The molecule has 1 saturated carbocycles. The molecule has 0 radical (unpaired) electrons. The second-order valence-electron chi connectivity index (χ2n) is 4.73. The van der Waals surface area contributed by atoms with Crippen LogP contribution in [0.5, 0.6) is 11.5 Å². The summed E-state index contributed by atoms with van der Waals surface area (Å²) >= 11 is 0. The largest absolute Gasteiger partial charge is 0.504 e. The van der Waals surface area contributed by atoms with Crippen LogP contribution in [0.4, 0.5) is 0 Å². The number of phenolic OH excluding ortho intramolecular Hbond substituents is 2. The van der Waals surface area contributed by atoms with Crippen LogP contribution in [0, 0.1) is 0 Å². The Morgan fingerprint density at radius 2 is 1.94 bits per heavy atom. The third kappa shape index (κ3) is 2.73. The number of nitrogens with two attached hydrogens (primary N) is 1. The number of amides is 1. The Kier molecular flexibility index (Phi) is 3.72. The predicted octanol–water partition coefficient (Wildman–Crippen LogP) is 1.10. The zero-order valence-corrected chi connectivity index (χ0v) is 10.1. The molecule has 1 aliphatic carbocycles. The smallest absolute Gasteiger partial charge is 0.251 e. The molecular weight excluding hydrogens is 232 g/mol. The molecule has 5 heteroatoms. The molecule has 0 unspecified atom stereocenters. The molecular formula is C13H18N2O3. The highest BCUT2D eigenvalue weighted by Crippen LogP contribution is 2.25. The highest BCUT2D eigenvalue weighted by atomic mass is 16.3. The summed E-state index contributed by atoms with van der Waals surface area (Å²) in [6, 6.07) is 4.00. The van der Waals surface area contributed by atoms with Crippen molar-refractivity contribution < 1.29 is 15.0 Å². The van der Waals surface area contributed by atoms with Gasteiger partial charge in [-0.2, -0.15) is 0 Å². The summed E-state index contributed by atoms with van der Waals surface area (Å²) in [6.45, 7) is 0. The van der Waals surface area contributed by atoms with Gasteiger partial charge in [0, 0.05) is 17.6 Å². The van der Waals surface area contributed by atoms with Gasteiger partial charge in [0.05, 0.1) is 0 Å². The molecule has 98 valence electrons. The van der Waals surface area contributed by atoms with Gasteiger partial charge in [0.25, 0.3) is 5.91 Å². The van der Waals surface area contributed by atoms with Gasteiger partial charge in [0.2, 0.25) is 0 Å². The van der Waals surface area contributed by atoms with Crippen molar-refractivity contribution in [1.82, 2.24) is 5.32 Å². The molecule has 0 bridgehead atoms. The summed E-state index contributed by atoms with van der Waals surface area (Å²) < 4.78 is 0. The van der Waals surface area contributed by atoms with Crippen LogP contribution in [-0.2, 0) is 0 Å². The average molecular weight is 250 g/mol. The molecule has 2 rings (SSSR count). The van der Waals surface area contributed by atoms with E-state index in [1.165, 1.54) is 18.2 Å². The van der Waals surface area contributed by atoms with Crippen molar-refractivity contribution in [2.24, 2.45) is 5.73 Å². The van der Waals surface area contributed by atoms with Gasteiger partial charge in [-0.15, -0.1) is 0 Å². The number of carbonyl (C=O) groups excluding carboxylic acids is 1. The molecule has 1 aromatic carbocycles. The molecule has 1 aromatic rings. The molecule has 0 aromatic heterocycles. The minimum absolute atomic E-state index is 0.00610. The first-order chi connectivity index (χ1) is 8.58. The highest BCUT2D eigenvalue weighted by molar-refractivity contribution is 5.95. The molecule has 0 spiro atoms. The highest BCUT2D eigenvalue weighted by Gasteiger charge is 2.23. The van der Waals surface area contributed by atoms with Crippen molar-refractivity contribution in [3.05, 3.63) is 23.8 Å². The normalized spacial score (nSPS) is 23.6. The Labute approximate surface area is 106 Å². The lowest BCUT2D eigenvalue weighted by atomic mass is 9.91. The maximum absolute atomic E-state index is 12.0. The van der Waals surface area contributed by atoms with Gasteiger partial charge < -0.3 is 21.3 Å². The van der Waals surface area contributed by atoms with Crippen LogP contribution < -0.4 is 11.1 Å². The minimum atomic E-state index is -0.296. The molecule has 0 saturated heterocycles. The third-order valence-electron chi connectivity index (χ3n) is 3.37. The Morgan fingerprint density at radius 3 is 2.61 bits per heavy atom. The molecule has 1 aliphatic rings. The first-order valence-corrected chi connectivity index (χ1v) is 6.16. The Bertz CT molecular complexity index is 448. The van der Waals surface area contributed by atoms with E-state index in [2.05, 4.69) is 5.32 Å². The monoisotopic (exact) mass is 250 g/mol. The van der Waals surface area contributed by atoms with Gasteiger partial charge in [0.1, 0.15) is 0 Å². The summed E-state index contributed by atoms with van der Waals surface area (Å²) in [5.74, 6) is -0.802. The van der Waals surface area contributed by atoms with Crippen LogP contribution in [0.25, 0.3) is 0 Å². The molecule has 18 heavy (non-hydrogen) atoms. The summed E-state index contributed by atoms with van der Waals surface area (Å²) in [5, 5.41) is 21.4. The van der Waals surface area contributed by atoms with Crippen LogP contribution in [0.1, 0.15) is 36.0 Å². The quantitative estimate of drug-likeness (QED) is 0.591. The Balaban J connectivity index is 2.04. The molecule has 5 nitrogen and oxygen atoms in total. The fourth-order valence-electron chi connectivity index (χ4n) is 2.26. The lowest BCUT2D eigenvalue weighted by Crippen LogP contribution is -2.49. The van der Waals surface area contributed by atoms with Crippen LogP contribution in [0.2, 0.25) is 0 Å². The predicted molar refractivity (Wildman–Crippen MR) is 67.5 cm³/mol. The van der Waals surface area contributed by atoms with Gasteiger partial charge in [-0.1, -0.05) is 12.8 Å². The molecule has 5 N–H and O–H groups in total. The molecule has 1 amide bonds. The number of benzene rings is 1. The standard InChI is InChI=1S/C13H18N2O3/c14-9-3-1-2-4-10(9)15-13(18)8-5-6-11(16)12(17)7-8/h5-7,9-10,16-17H,1-4,14H2,(H,15,18)/t9-,10-/m1/s1. The SMILES string of the molecule is N[C@@H]1CCCC[C@H]1NC(=O)c1ccc(O)c(O)c1. The van der Waals surface area contributed by atoms with E-state index in [0.717, 1.165) is 25.7 Å². The van der Waals surface area contributed by atoms with E-state index < -0.39 is 0 Å². The second kappa shape index (κ2) is 5.27. The summed E-state index contributed by atoms with van der Waals surface area (Å²) in [4.78, 5) is 12.0. The third-order valence-corrected chi connectivity index (χ3v) is 3.37. The minimum Gasteiger partial charge on any atom is -0.504 e. The van der Waals surface area contributed by atoms with Gasteiger partial charge in [-0.25, -0.2) is 0 Å². The van der Waals surface area contributed by atoms with Crippen molar-refractivity contribution in [2.75, 3.05) is 0 Å². The van der Waals surface area contributed by atoms with Crippen molar-refractivity contribution in [1.29, 1.82) is 0 Å². The van der Waals surface area contributed by atoms with Crippen LogP contribution in [0.3, 0.4) is 0 Å². The Hall–Kier alpha value is -1.75. The summed E-state index contributed by atoms with van der Waals surface area (Å²) in [6.07, 6.45) is 3.98. The summed E-state index contributed by atoms with van der Waals surface area (Å²) in [5.41, 5.74) is 6.28. The maximum atomic E-state index is 12.0. The lowest BCUT2D eigenvalue weighted by molar-refractivity contribution is 0.0921. The van der Waals surface area contributed by atoms with E-state index >= 15 is 0 Å². The van der Waals surface area contributed by atoms with Crippen molar-refractivity contribution in [2.45, 2.75) is 37.8 Å². The van der Waals surface area contributed by atoms with E-state index in [9.17, 15) is 15.0 Å². The van der Waals surface area contributed by atoms with E-state index in [-0.39, 0.29) is 29.5 Å². The van der Waals surface area contributed by atoms with Crippen LogP contribution >= 0.6 is 0 Å². The van der Waals surface area contributed by atoms with E-state index in [1.54, 1.807) is 0 Å².